The number of hydrogen-bond donors (Lipinski definition) is 2. The monoisotopic (exact) mass is 512 g/mol. The number of rotatable bonds is 8. The Morgan fingerprint density at radius 3 is 2.90 bits per heavy atom. The molecule has 29 heavy (non-hydrogen) atoms. The summed E-state index contributed by atoms with van der Waals surface area (Å²) in [5, 5.41) is 11.3. The quantitative estimate of drug-likeness (QED) is 0.324. The minimum Gasteiger partial charge on any atom is -0.495 e. The molecule has 8 heteroatoms. The van der Waals surface area contributed by atoms with Crippen molar-refractivity contribution in [3.05, 3.63) is 42.7 Å². The molecule has 0 radical (unpaired) electrons. The van der Waals surface area contributed by atoms with E-state index in [0.29, 0.717) is 12.0 Å². The van der Waals surface area contributed by atoms with E-state index >= 15 is 0 Å². The van der Waals surface area contributed by atoms with Gasteiger partial charge in [0.2, 0.25) is 0 Å². The Balaban J connectivity index is 0.00000300. The van der Waals surface area contributed by atoms with Crippen LogP contribution >= 0.6 is 24.0 Å². The Morgan fingerprint density at radius 2 is 2.17 bits per heavy atom. The first kappa shape index (κ1) is 23.3. The largest absolute Gasteiger partial charge is 0.495 e. The molecule has 2 aromatic rings. The summed E-state index contributed by atoms with van der Waals surface area (Å²) < 4.78 is 7.48. The number of nitrogens with zero attached hydrogens (tertiary/aromatic N) is 4. The van der Waals surface area contributed by atoms with E-state index in [1.165, 1.54) is 0 Å². The van der Waals surface area contributed by atoms with Crippen LogP contribution in [0.1, 0.15) is 20.3 Å². The standard InChI is InChI=1S/C21H32N6O.HI/c1-4-22-21(23-14-17(2)15-27-12-7-11-24-27)25-18-10-13-26(16-18)19-8-5-6-9-20(19)28-3;/h5-9,11-12,17-18H,4,10,13-16H2,1-3H3,(H2,22,23,25);1H. The topological polar surface area (TPSA) is 66.7 Å². The number of methoxy groups -OCH3 is 1. The third-order valence-electron chi connectivity index (χ3n) is 4.92. The van der Waals surface area contributed by atoms with Crippen molar-refractivity contribution in [2.75, 3.05) is 38.2 Å². The third-order valence-corrected chi connectivity index (χ3v) is 4.92. The minimum absolute atomic E-state index is 0. The third kappa shape index (κ3) is 6.80. The molecule has 1 aliphatic rings. The van der Waals surface area contributed by atoms with Crippen LogP contribution in [-0.4, -0.2) is 55.1 Å². The van der Waals surface area contributed by atoms with Crippen molar-refractivity contribution in [3.63, 3.8) is 0 Å². The maximum atomic E-state index is 5.52. The lowest BCUT2D eigenvalue weighted by atomic mass is 10.2. The van der Waals surface area contributed by atoms with E-state index in [0.717, 1.165) is 56.5 Å². The van der Waals surface area contributed by atoms with E-state index in [4.69, 9.17) is 9.73 Å². The summed E-state index contributed by atoms with van der Waals surface area (Å²) in [6.07, 6.45) is 4.88. The van der Waals surface area contributed by atoms with Crippen LogP contribution in [0.5, 0.6) is 5.75 Å². The molecule has 2 atom stereocenters. The highest BCUT2D eigenvalue weighted by atomic mass is 127. The number of aliphatic imine (C=N–C) groups is 1. The number of para-hydroxylation sites is 2. The predicted octanol–water partition coefficient (Wildman–Crippen LogP) is 2.98. The highest BCUT2D eigenvalue weighted by Gasteiger charge is 2.25. The lowest BCUT2D eigenvalue weighted by molar-refractivity contribution is 0.415. The van der Waals surface area contributed by atoms with Crippen molar-refractivity contribution in [1.29, 1.82) is 0 Å². The summed E-state index contributed by atoms with van der Waals surface area (Å²) in [5.74, 6) is 2.24. The van der Waals surface area contributed by atoms with Gasteiger partial charge in [-0.3, -0.25) is 9.67 Å². The highest BCUT2D eigenvalue weighted by molar-refractivity contribution is 14.0. The molecule has 3 rings (SSSR count). The number of halogens is 1. The molecular formula is C21H33IN6O. The van der Waals surface area contributed by atoms with Gasteiger partial charge >= 0.3 is 0 Å². The molecule has 0 aliphatic carbocycles. The Bertz CT molecular complexity index is 751. The van der Waals surface area contributed by atoms with Gasteiger partial charge in [0.05, 0.1) is 12.8 Å². The first-order valence-electron chi connectivity index (χ1n) is 10.1. The van der Waals surface area contributed by atoms with Crippen LogP contribution in [0.2, 0.25) is 0 Å². The molecule has 2 heterocycles. The Morgan fingerprint density at radius 1 is 1.34 bits per heavy atom. The zero-order chi connectivity index (χ0) is 19.8. The molecule has 7 nitrogen and oxygen atoms in total. The highest BCUT2D eigenvalue weighted by Crippen LogP contribution is 2.30. The maximum absolute atomic E-state index is 5.52. The van der Waals surface area contributed by atoms with Gasteiger partial charge in [-0.15, -0.1) is 24.0 Å². The number of nitrogens with one attached hydrogen (secondary N) is 2. The molecule has 0 spiro atoms. The molecule has 1 aromatic carbocycles. The van der Waals surface area contributed by atoms with E-state index in [2.05, 4.69) is 46.6 Å². The fraction of sp³-hybridized carbons (Fsp3) is 0.524. The number of guanidine groups is 1. The van der Waals surface area contributed by atoms with Gasteiger partial charge in [0.25, 0.3) is 0 Å². The molecule has 0 bridgehead atoms. The van der Waals surface area contributed by atoms with Crippen LogP contribution in [0.25, 0.3) is 0 Å². The lowest BCUT2D eigenvalue weighted by Crippen LogP contribution is -2.44. The van der Waals surface area contributed by atoms with Crippen molar-refractivity contribution in [1.82, 2.24) is 20.4 Å². The van der Waals surface area contributed by atoms with Gasteiger partial charge in [-0.2, -0.15) is 5.10 Å². The number of benzene rings is 1. The van der Waals surface area contributed by atoms with Gasteiger partial charge in [0.15, 0.2) is 5.96 Å². The SMILES string of the molecule is CCNC(=NCC(C)Cn1cccn1)NC1CCN(c2ccccc2OC)C1.I. The van der Waals surface area contributed by atoms with Crippen LogP contribution in [0, 0.1) is 5.92 Å². The van der Waals surface area contributed by atoms with Crippen LogP contribution in [0.3, 0.4) is 0 Å². The fourth-order valence-corrected chi connectivity index (χ4v) is 3.53. The van der Waals surface area contributed by atoms with Crippen LogP contribution in [0.15, 0.2) is 47.7 Å². The summed E-state index contributed by atoms with van der Waals surface area (Å²) in [6.45, 7) is 8.73. The van der Waals surface area contributed by atoms with Crippen molar-refractivity contribution < 1.29 is 4.74 Å². The second-order valence-corrected chi connectivity index (χ2v) is 7.30. The van der Waals surface area contributed by atoms with Crippen LogP contribution in [-0.2, 0) is 6.54 Å². The zero-order valence-corrected chi connectivity index (χ0v) is 19.9. The Hall–Kier alpha value is -1.97. The summed E-state index contributed by atoms with van der Waals surface area (Å²) in [4.78, 5) is 7.17. The van der Waals surface area contributed by atoms with E-state index in [1.54, 1.807) is 7.11 Å². The Kier molecular flexibility index (Phi) is 9.56. The van der Waals surface area contributed by atoms with Crippen molar-refractivity contribution in [3.8, 4) is 5.75 Å². The van der Waals surface area contributed by atoms with Gasteiger partial charge in [-0.25, -0.2) is 0 Å². The molecular weight excluding hydrogens is 479 g/mol. The maximum Gasteiger partial charge on any atom is 0.191 e. The van der Waals surface area contributed by atoms with E-state index < -0.39 is 0 Å². The van der Waals surface area contributed by atoms with Crippen molar-refractivity contribution in [2.24, 2.45) is 10.9 Å². The molecule has 1 fully saturated rings. The summed E-state index contributed by atoms with van der Waals surface area (Å²) >= 11 is 0. The number of hydrogen-bond acceptors (Lipinski definition) is 4. The molecule has 1 saturated heterocycles. The number of ether oxygens (including phenoxy) is 1. The van der Waals surface area contributed by atoms with E-state index in [1.807, 2.05) is 35.3 Å². The normalized spacial score (nSPS) is 17.6. The molecule has 0 saturated carbocycles. The van der Waals surface area contributed by atoms with E-state index in [9.17, 15) is 0 Å². The lowest BCUT2D eigenvalue weighted by Gasteiger charge is -2.22. The number of anilines is 1. The fourth-order valence-electron chi connectivity index (χ4n) is 3.53. The van der Waals surface area contributed by atoms with Crippen LogP contribution in [0.4, 0.5) is 5.69 Å². The average molecular weight is 512 g/mol. The molecule has 2 N–H and O–H groups in total. The minimum atomic E-state index is 0. The number of aromatic nitrogens is 2. The van der Waals surface area contributed by atoms with Gasteiger partial charge < -0.3 is 20.3 Å². The van der Waals surface area contributed by atoms with E-state index in [-0.39, 0.29) is 24.0 Å². The molecule has 1 aliphatic heterocycles. The first-order chi connectivity index (χ1) is 13.7. The van der Waals surface area contributed by atoms with Gasteiger partial charge in [0.1, 0.15) is 5.75 Å². The second kappa shape index (κ2) is 11.9. The molecule has 2 unspecified atom stereocenters. The van der Waals surface area contributed by atoms with Crippen molar-refractivity contribution >= 4 is 35.6 Å². The van der Waals surface area contributed by atoms with Crippen molar-refractivity contribution in [2.45, 2.75) is 32.9 Å². The summed E-state index contributed by atoms with van der Waals surface area (Å²) in [5.41, 5.74) is 1.16. The van der Waals surface area contributed by atoms with Gasteiger partial charge in [-0.1, -0.05) is 19.1 Å². The average Bonchev–Trinajstić information content (AvgIpc) is 3.38. The summed E-state index contributed by atoms with van der Waals surface area (Å²) in [7, 11) is 1.73. The zero-order valence-electron chi connectivity index (χ0n) is 17.5. The smallest absolute Gasteiger partial charge is 0.191 e. The predicted molar refractivity (Wildman–Crippen MR) is 130 cm³/mol. The Labute approximate surface area is 190 Å². The summed E-state index contributed by atoms with van der Waals surface area (Å²) in [6, 6.07) is 10.5. The second-order valence-electron chi connectivity index (χ2n) is 7.30. The first-order valence-corrected chi connectivity index (χ1v) is 10.1. The van der Waals surface area contributed by atoms with Gasteiger partial charge in [-0.05, 0) is 37.5 Å². The van der Waals surface area contributed by atoms with Crippen LogP contribution < -0.4 is 20.3 Å². The van der Waals surface area contributed by atoms with Gasteiger partial charge in [0, 0.05) is 51.2 Å². The molecule has 0 amide bonds. The molecule has 1 aromatic heterocycles. The molecule has 160 valence electrons.